The van der Waals surface area contributed by atoms with Gasteiger partial charge < -0.3 is 46.4 Å². The summed E-state index contributed by atoms with van der Waals surface area (Å²) in [6.45, 7) is 4.07. The summed E-state index contributed by atoms with van der Waals surface area (Å²) < 4.78 is 36.9. The Labute approximate surface area is 189 Å². The summed E-state index contributed by atoms with van der Waals surface area (Å²) in [6, 6.07) is -3.51. The predicted molar refractivity (Wildman–Crippen MR) is 104 cm³/mol. The van der Waals surface area contributed by atoms with E-state index in [9.17, 15) is 32.7 Å². The number of carbonyl (C=O) groups is 4. The largest absolute Gasteiger partial charge is 0.490 e. The van der Waals surface area contributed by atoms with Gasteiger partial charge in [0, 0.05) is 26.2 Å². The number of hydrogen-bond donors (Lipinski definition) is 7. The van der Waals surface area contributed by atoms with Crippen LogP contribution in [0, 0.1) is 0 Å². The van der Waals surface area contributed by atoms with Gasteiger partial charge in [0.25, 0.3) is 11.8 Å². The first-order valence-electron chi connectivity index (χ1n) is 9.58. The fourth-order valence-corrected chi connectivity index (χ4v) is 2.49. The van der Waals surface area contributed by atoms with Gasteiger partial charge in [-0.3, -0.25) is 4.79 Å². The van der Waals surface area contributed by atoms with E-state index < -0.39 is 48.2 Å². The number of alkyl halides is 3. The molecule has 1 saturated heterocycles. The van der Waals surface area contributed by atoms with E-state index in [1.807, 2.05) is 4.90 Å². The highest BCUT2D eigenvalue weighted by Crippen LogP contribution is 2.18. The number of halogens is 3. The number of aliphatic hydroxyl groups excluding tert-OH is 1. The van der Waals surface area contributed by atoms with Gasteiger partial charge in [0.05, 0.1) is 12.5 Å². The van der Waals surface area contributed by atoms with Gasteiger partial charge in [-0.2, -0.15) is 18.2 Å². The van der Waals surface area contributed by atoms with Gasteiger partial charge in [-0.25, -0.2) is 14.4 Å². The highest BCUT2D eigenvalue weighted by Gasteiger charge is 2.38. The average molecular weight is 499 g/mol. The van der Waals surface area contributed by atoms with Crippen molar-refractivity contribution in [2.75, 3.05) is 31.1 Å². The van der Waals surface area contributed by atoms with Crippen molar-refractivity contribution in [1.29, 1.82) is 0 Å². The first-order valence-corrected chi connectivity index (χ1v) is 9.58. The number of aliphatic hydroxyl groups is 1. The number of primary amides is 1. The van der Waals surface area contributed by atoms with E-state index in [1.54, 1.807) is 0 Å². The minimum atomic E-state index is -5.08. The fourth-order valence-electron chi connectivity index (χ4n) is 2.49. The van der Waals surface area contributed by atoms with Crippen molar-refractivity contribution in [3.63, 3.8) is 0 Å². The predicted octanol–water partition coefficient (Wildman–Crippen LogP) is -1.84. The second-order valence-electron chi connectivity index (χ2n) is 6.87. The molecule has 1 aromatic rings. The van der Waals surface area contributed by atoms with Gasteiger partial charge in [-0.15, -0.1) is 0 Å². The molecule has 0 bridgehead atoms. The van der Waals surface area contributed by atoms with Crippen LogP contribution in [0.1, 0.15) is 25.3 Å². The Hall–Kier alpha value is -3.67. The number of piperazine rings is 1. The molecule has 0 aromatic carbocycles. The smallest absolute Gasteiger partial charge is 0.480 e. The lowest BCUT2D eigenvalue weighted by Gasteiger charge is -2.25. The molecular formula is C16H24F3N7O8. The number of aromatic nitrogens is 2. The van der Waals surface area contributed by atoms with Crippen LogP contribution < -0.4 is 26.6 Å². The van der Waals surface area contributed by atoms with Gasteiger partial charge in [0.1, 0.15) is 6.04 Å². The second kappa shape index (κ2) is 12.5. The molecule has 1 aromatic heterocycles. The number of nitrogens with two attached hydrogens (primary N) is 1. The third kappa shape index (κ3) is 9.45. The van der Waals surface area contributed by atoms with Crippen LogP contribution in [-0.2, 0) is 14.4 Å². The number of urea groups is 1. The Kier molecular flexibility index (Phi) is 10.5. The molecule has 8 N–H and O–H groups in total. The summed E-state index contributed by atoms with van der Waals surface area (Å²) in [5.74, 6) is -4.62. The van der Waals surface area contributed by atoms with Crippen molar-refractivity contribution < 1.29 is 52.2 Å². The Morgan fingerprint density at radius 3 is 2.21 bits per heavy atom. The molecule has 0 radical (unpaired) electrons. The third-order valence-corrected chi connectivity index (χ3v) is 4.12. The van der Waals surface area contributed by atoms with E-state index in [0.717, 1.165) is 13.1 Å². The third-order valence-electron chi connectivity index (χ3n) is 4.12. The second-order valence-corrected chi connectivity index (χ2v) is 6.87. The summed E-state index contributed by atoms with van der Waals surface area (Å²) in [7, 11) is 0. The number of carbonyl (C=O) groups excluding carboxylic acids is 2. The monoisotopic (exact) mass is 499 g/mol. The van der Waals surface area contributed by atoms with Gasteiger partial charge in [0.15, 0.2) is 6.04 Å². The number of aliphatic carboxylic acids is 2. The maximum absolute atomic E-state index is 12.1. The first kappa shape index (κ1) is 28.4. The van der Waals surface area contributed by atoms with E-state index in [4.69, 9.17) is 25.3 Å². The minimum Gasteiger partial charge on any atom is -0.480 e. The van der Waals surface area contributed by atoms with Crippen molar-refractivity contribution in [2.24, 2.45) is 5.73 Å². The molecule has 0 spiro atoms. The molecule has 3 amide bonds. The maximum Gasteiger partial charge on any atom is 0.490 e. The Bertz CT molecular complexity index is 858. The molecular weight excluding hydrogens is 475 g/mol. The number of hydrogen-bond acceptors (Lipinski definition) is 10. The zero-order valence-electron chi connectivity index (χ0n) is 17.7. The van der Waals surface area contributed by atoms with Crippen molar-refractivity contribution in [2.45, 2.75) is 37.7 Å². The Morgan fingerprint density at radius 1 is 1.21 bits per heavy atom. The lowest BCUT2D eigenvalue weighted by atomic mass is 10.2. The topological polar surface area (TPSA) is 233 Å². The number of rotatable bonds is 8. The summed E-state index contributed by atoms with van der Waals surface area (Å²) in [5, 5.41) is 37.1. The molecule has 1 fully saturated rings. The average Bonchev–Trinajstić information content (AvgIpc) is 3.21. The summed E-state index contributed by atoms with van der Waals surface area (Å²) in [4.78, 5) is 49.4. The molecule has 18 heteroatoms. The lowest BCUT2D eigenvalue weighted by molar-refractivity contribution is -0.192. The molecule has 2 heterocycles. The highest BCUT2D eigenvalue weighted by atomic mass is 19.4. The molecule has 1 unspecified atom stereocenters. The molecule has 15 nitrogen and oxygen atoms in total. The van der Waals surface area contributed by atoms with E-state index in [-0.39, 0.29) is 12.3 Å². The zero-order valence-corrected chi connectivity index (χ0v) is 17.7. The number of nitrogens with one attached hydrogen (secondary N) is 3. The van der Waals surface area contributed by atoms with Crippen LogP contribution in [0.3, 0.4) is 0 Å². The quantitative estimate of drug-likeness (QED) is 0.209. The minimum absolute atomic E-state index is 0.0404. The van der Waals surface area contributed by atoms with Crippen LogP contribution in [0.4, 0.5) is 23.9 Å². The van der Waals surface area contributed by atoms with Crippen LogP contribution in [0.5, 0.6) is 0 Å². The van der Waals surface area contributed by atoms with Crippen LogP contribution in [0.25, 0.3) is 0 Å². The SMILES string of the molecule is CC(O)[C@H](NC(=O)N[C@@H](CC(N)=O)c1nc(N2CCNCC2)no1)C(=O)O.O=C(O)C(F)(F)F. The van der Waals surface area contributed by atoms with Gasteiger partial charge in [0.2, 0.25) is 5.91 Å². The number of carboxylic acids is 2. The van der Waals surface area contributed by atoms with Crippen molar-refractivity contribution in [3.8, 4) is 0 Å². The van der Waals surface area contributed by atoms with Crippen molar-refractivity contribution in [3.05, 3.63) is 5.89 Å². The Balaban J connectivity index is 0.000000718. The van der Waals surface area contributed by atoms with Gasteiger partial charge in [-0.1, -0.05) is 0 Å². The highest BCUT2D eigenvalue weighted by molar-refractivity contribution is 5.83. The molecule has 2 rings (SSSR count). The van der Waals surface area contributed by atoms with Crippen LogP contribution in [0.15, 0.2) is 4.52 Å². The number of carboxylic acid groups (broad SMARTS) is 2. The van der Waals surface area contributed by atoms with E-state index in [0.29, 0.717) is 19.0 Å². The molecule has 0 aliphatic carbocycles. The summed E-state index contributed by atoms with van der Waals surface area (Å²) >= 11 is 0. The van der Waals surface area contributed by atoms with Gasteiger partial charge >= 0.3 is 24.1 Å². The fraction of sp³-hybridized carbons (Fsp3) is 0.625. The zero-order chi connectivity index (χ0) is 26.1. The number of amides is 3. The van der Waals surface area contributed by atoms with Crippen LogP contribution in [-0.4, -0.2) is 93.8 Å². The standard InChI is InChI=1S/C14H23N7O6.C2HF3O2/c1-7(22)10(12(24)25)18-14(26)17-8(6-9(15)23)11-19-13(20-27-11)21-4-2-16-3-5-21;3-2(4,5)1(6)7/h7-8,10,16,22H,2-6H2,1H3,(H2,15,23)(H,24,25)(H2,17,18,26);(H,6,7)/t7?,8-,10-;/m0./s1. The van der Waals surface area contributed by atoms with Crippen molar-refractivity contribution >= 4 is 29.8 Å². The molecule has 34 heavy (non-hydrogen) atoms. The molecule has 0 saturated carbocycles. The normalized spacial score (nSPS) is 16.3. The Morgan fingerprint density at radius 2 is 1.76 bits per heavy atom. The maximum atomic E-state index is 12.1. The molecule has 3 atom stereocenters. The summed E-state index contributed by atoms with van der Waals surface area (Å²) in [6.07, 6.45) is -6.74. The molecule has 192 valence electrons. The molecule has 1 aliphatic rings. The molecule has 1 aliphatic heterocycles. The number of anilines is 1. The van der Waals surface area contributed by atoms with E-state index in [2.05, 4.69) is 26.1 Å². The van der Waals surface area contributed by atoms with E-state index in [1.165, 1.54) is 6.92 Å². The van der Waals surface area contributed by atoms with Gasteiger partial charge in [-0.05, 0) is 12.1 Å². The lowest BCUT2D eigenvalue weighted by Crippen LogP contribution is -2.52. The van der Waals surface area contributed by atoms with Crippen LogP contribution >= 0.6 is 0 Å². The number of nitrogens with zero attached hydrogens (tertiary/aromatic N) is 3. The van der Waals surface area contributed by atoms with Crippen molar-refractivity contribution in [1.82, 2.24) is 26.1 Å². The van der Waals surface area contributed by atoms with E-state index >= 15 is 0 Å². The summed E-state index contributed by atoms with van der Waals surface area (Å²) in [5.41, 5.74) is 5.20. The van der Waals surface area contributed by atoms with Crippen LogP contribution in [0.2, 0.25) is 0 Å². The first-order chi connectivity index (χ1) is 15.7.